The van der Waals surface area contributed by atoms with Gasteiger partial charge < -0.3 is 5.32 Å². The zero-order chi connectivity index (χ0) is 23.3. The van der Waals surface area contributed by atoms with Crippen LogP contribution in [-0.4, -0.2) is 25.2 Å². The number of fused-ring (bicyclic) bond motifs is 1. The summed E-state index contributed by atoms with van der Waals surface area (Å²) < 4.78 is 28.0. The monoisotopic (exact) mass is 458 g/mol. The van der Waals surface area contributed by atoms with Crippen molar-refractivity contribution in [1.29, 1.82) is 0 Å². The quantitative estimate of drug-likeness (QED) is 0.418. The second-order valence-corrected chi connectivity index (χ2v) is 9.92. The molecule has 0 fully saturated rings. The minimum atomic E-state index is -3.86. The third-order valence-corrected chi connectivity index (χ3v) is 7.34. The van der Waals surface area contributed by atoms with E-state index in [0.717, 1.165) is 27.5 Å². The first-order valence-corrected chi connectivity index (χ1v) is 12.2. The molecule has 0 aliphatic heterocycles. The summed E-state index contributed by atoms with van der Waals surface area (Å²) in [4.78, 5) is 13.0. The number of amides is 1. The number of hydrogen-bond acceptors (Lipinski definition) is 3. The van der Waals surface area contributed by atoms with Gasteiger partial charge in [-0.05, 0) is 41.0 Å². The largest absolute Gasteiger partial charge is 0.351 e. The van der Waals surface area contributed by atoms with Crippen molar-refractivity contribution in [2.75, 3.05) is 6.54 Å². The number of benzene rings is 4. The average Bonchev–Trinajstić information content (AvgIpc) is 2.83. The number of nitrogens with one attached hydrogen (secondary N) is 1. The fraction of sp³-hybridized carbons (Fsp3) is 0.148. The van der Waals surface area contributed by atoms with Crippen molar-refractivity contribution < 1.29 is 13.2 Å². The first-order valence-electron chi connectivity index (χ1n) is 10.8. The van der Waals surface area contributed by atoms with Gasteiger partial charge in [-0.25, -0.2) is 8.42 Å². The number of carbonyl (C=O) groups excluding carboxylic acids is 1. The average molecular weight is 459 g/mol. The molecule has 0 aromatic heterocycles. The van der Waals surface area contributed by atoms with Crippen LogP contribution in [0.15, 0.2) is 102 Å². The zero-order valence-corrected chi connectivity index (χ0v) is 19.3. The molecular formula is C27H26N2O3S. The van der Waals surface area contributed by atoms with Gasteiger partial charge in [-0.2, -0.15) is 4.31 Å². The molecule has 33 heavy (non-hydrogen) atoms. The molecule has 0 aliphatic rings. The van der Waals surface area contributed by atoms with E-state index in [1.807, 2.05) is 79.7 Å². The van der Waals surface area contributed by atoms with Crippen LogP contribution in [0.3, 0.4) is 0 Å². The van der Waals surface area contributed by atoms with Gasteiger partial charge in [0.25, 0.3) is 0 Å². The van der Waals surface area contributed by atoms with E-state index < -0.39 is 10.0 Å². The normalized spacial score (nSPS) is 11.6. The maximum atomic E-state index is 13.4. The van der Waals surface area contributed by atoms with E-state index in [9.17, 15) is 13.2 Å². The summed E-state index contributed by atoms with van der Waals surface area (Å²) in [5.41, 5.74) is 2.77. The standard InChI is InChI=1S/C27H26N2O3S/c1-21-14-16-25(17-15-21)33(31,32)29(19-22-8-3-2-4-9-22)20-27(30)28-18-24-12-7-11-23-10-5-6-13-26(23)24/h2-17H,18-20H2,1H3,(H,28,30). The molecule has 0 heterocycles. The summed E-state index contributed by atoms with van der Waals surface area (Å²) in [6, 6.07) is 29.9. The lowest BCUT2D eigenvalue weighted by molar-refractivity contribution is -0.121. The molecule has 0 atom stereocenters. The van der Waals surface area contributed by atoms with E-state index in [1.54, 1.807) is 24.3 Å². The van der Waals surface area contributed by atoms with Crippen LogP contribution in [0.4, 0.5) is 0 Å². The Bertz CT molecular complexity index is 1350. The van der Waals surface area contributed by atoms with Crippen LogP contribution < -0.4 is 5.32 Å². The molecule has 168 valence electrons. The molecule has 1 N–H and O–H groups in total. The predicted molar refractivity (Wildman–Crippen MR) is 131 cm³/mol. The van der Waals surface area contributed by atoms with Gasteiger partial charge in [-0.3, -0.25) is 4.79 Å². The second-order valence-electron chi connectivity index (χ2n) is 7.99. The summed E-state index contributed by atoms with van der Waals surface area (Å²) in [5, 5.41) is 5.05. The number of rotatable bonds is 8. The van der Waals surface area contributed by atoms with Gasteiger partial charge in [0.05, 0.1) is 11.4 Å². The lowest BCUT2D eigenvalue weighted by Crippen LogP contribution is -2.40. The second kappa shape index (κ2) is 9.98. The SMILES string of the molecule is Cc1ccc(S(=O)(=O)N(CC(=O)NCc2cccc3ccccc23)Cc2ccccc2)cc1. The summed E-state index contributed by atoms with van der Waals surface area (Å²) in [6.07, 6.45) is 0. The van der Waals surface area contributed by atoms with Crippen LogP contribution in [0.2, 0.25) is 0 Å². The zero-order valence-electron chi connectivity index (χ0n) is 18.4. The minimum absolute atomic E-state index is 0.110. The van der Waals surface area contributed by atoms with Crippen LogP contribution in [0.25, 0.3) is 10.8 Å². The maximum Gasteiger partial charge on any atom is 0.243 e. The predicted octanol–water partition coefficient (Wildman–Crippen LogP) is 4.66. The van der Waals surface area contributed by atoms with Gasteiger partial charge in [-0.15, -0.1) is 0 Å². The molecule has 0 spiro atoms. The Kier molecular flexibility index (Phi) is 6.87. The minimum Gasteiger partial charge on any atom is -0.351 e. The van der Waals surface area contributed by atoms with Crippen LogP contribution in [0.5, 0.6) is 0 Å². The van der Waals surface area contributed by atoms with Gasteiger partial charge in [0.1, 0.15) is 0 Å². The molecule has 1 amide bonds. The molecule has 4 aromatic rings. The lowest BCUT2D eigenvalue weighted by atomic mass is 10.0. The van der Waals surface area contributed by atoms with Crippen molar-refractivity contribution in [3.8, 4) is 0 Å². The van der Waals surface area contributed by atoms with Crippen molar-refractivity contribution in [2.24, 2.45) is 0 Å². The Morgan fingerprint density at radius 3 is 2.24 bits per heavy atom. The molecule has 0 aliphatic carbocycles. The summed E-state index contributed by atoms with van der Waals surface area (Å²) in [6.45, 7) is 2.07. The highest BCUT2D eigenvalue weighted by Gasteiger charge is 2.27. The van der Waals surface area contributed by atoms with Gasteiger partial charge in [0.2, 0.25) is 15.9 Å². The number of hydrogen-bond donors (Lipinski definition) is 1. The molecule has 0 unspecified atom stereocenters. The first kappa shape index (κ1) is 22.7. The van der Waals surface area contributed by atoms with E-state index in [4.69, 9.17) is 0 Å². The molecule has 4 aromatic carbocycles. The van der Waals surface area contributed by atoms with Crippen molar-refractivity contribution in [3.63, 3.8) is 0 Å². The fourth-order valence-corrected chi connectivity index (χ4v) is 5.11. The Hall–Kier alpha value is -3.48. The highest BCUT2D eigenvalue weighted by molar-refractivity contribution is 7.89. The topological polar surface area (TPSA) is 66.5 Å². The van der Waals surface area contributed by atoms with E-state index in [-0.39, 0.29) is 23.9 Å². The Morgan fingerprint density at radius 2 is 1.48 bits per heavy atom. The van der Waals surface area contributed by atoms with Crippen molar-refractivity contribution >= 4 is 26.7 Å². The number of aryl methyl sites for hydroxylation is 1. The van der Waals surface area contributed by atoms with Gasteiger partial charge >= 0.3 is 0 Å². The highest BCUT2D eigenvalue weighted by atomic mass is 32.2. The third kappa shape index (κ3) is 5.48. The van der Waals surface area contributed by atoms with E-state index in [2.05, 4.69) is 5.32 Å². The summed E-state index contributed by atoms with van der Waals surface area (Å²) in [5.74, 6) is -0.352. The smallest absolute Gasteiger partial charge is 0.243 e. The number of sulfonamides is 1. The van der Waals surface area contributed by atoms with E-state index >= 15 is 0 Å². The van der Waals surface area contributed by atoms with Crippen molar-refractivity contribution in [2.45, 2.75) is 24.9 Å². The maximum absolute atomic E-state index is 13.4. The molecule has 0 saturated heterocycles. The van der Waals surface area contributed by atoms with Gasteiger partial charge in [0.15, 0.2) is 0 Å². The molecule has 6 heteroatoms. The van der Waals surface area contributed by atoms with Crippen molar-refractivity contribution in [1.82, 2.24) is 9.62 Å². The van der Waals surface area contributed by atoms with Gasteiger partial charge in [-0.1, -0.05) is 90.5 Å². The summed E-state index contributed by atoms with van der Waals surface area (Å²) in [7, 11) is -3.86. The molecule has 4 rings (SSSR count). The Labute approximate surface area is 194 Å². The molecule has 0 radical (unpaired) electrons. The molecule has 0 bridgehead atoms. The molecule has 0 saturated carbocycles. The first-order chi connectivity index (χ1) is 15.9. The van der Waals surface area contributed by atoms with Crippen LogP contribution in [0, 0.1) is 6.92 Å². The van der Waals surface area contributed by atoms with Crippen LogP contribution in [0.1, 0.15) is 16.7 Å². The van der Waals surface area contributed by atoms with E-state index in [1.165, 1.54) is 4.31 Å². The summed E-state index contributed by atoms with van der Waals surface area (Å²) >= 11 is 0. The highest BCUT2D eigenvalue weighted by Crippen LogP contribution is 2.20. The fourth-order valence-electron chi connectivity index (χ4n) is 3.73. The van der Waals surface area contributed by atoms with Crippen LogP contribution in [-0.2, 0) is 27.9 Å². The Balaban J connectivity index is 1.54. The number of carbonyl (C=O) groups is 1. The van der Waals surface area contributed by atoms with Gasteiger partial charge in [0, 0.05) is 13.1 Å². The molecular weight excluding hydrogens is 432 g/mol. The van der Waals surface area contributed by atoms with E-state index in [0.29, 0.717) is 6.54 Å². The lowest BCUT2D eigenvalue weighted by Gasteiger charge is -2.22. The Morgan fingerprint density at radius 1 is 0.818 bits per heavy atom. The number of nitrogens with zero attached hydrogens (tertiary/aromatic N) is 1. The van der Waals surface area contributed by atoms with Crippen LogP contribution >= 0.6 is 0 Å². The molecule has 5 nitrogen and oxygen atoms in total. The third-order valence-electron chi connectivity index (χ3n) is 5.54. The van der Waals surface area contributed by atoms with Crippen molar-refractivity contribution in [3.05, 3.63) is 114 Å².